The molecular formula is C29H57N5O3. The van der Waals surface area contributed by atoms with E-state index in [2.05, 4.69) is 53.0 Å². The Balaban J connectivity index is 1.18. The van der Waals surface area contributed by atoms with Crippen LogP contribution in [0, 0.1) is 5.92 Å². The number of rotatable bonds is 17. The summed E-state index contributed by atoms with van der Waals surface area (Å²) in [5.74, 6) is 0.988. The lowest BCUT2D eigenvalue weighted by Gasteiger charge is -2.40. The number of hydrogen-bond acceptors (Lipinski definition) is 7. The van der Waals surface area contributed by atoms with E-state index < -0.39 is 0 Å². The summed E-state index contributed by atoms with van der Waals surface area (Å²) >= 11 is 0. The van der Waals surface area contributed by atoms with Gasteiger partial charge in [-0.3, -0.25) is 14.6 Å². The normalized spacial score (nSPS) is 25.3. The summed E-state index contributed by atoms with van der Waals surface area (Å²) in [7, 11) is 0. The lowest BCUT2D eigenvalue weighted by atomic mass is 9.88. The zero-order valence-electron chi connectivity index (χ0n) is 24.4. The number of amides is 1. The van der Waals surface area contributed by atoms with Crippen LogP contribution in [0.1, 0.15) is 72.6 Å². The summed E-state index contributed by atoms with van der Waals surface area (Å²) < 4.78 is 12.0. The third-order valence-electron chi connectivity index (χ3n) is 8.42. The molecule has 8 heteroatoms. The van der Waals surface area contributed by atoms with E-state index in [4.69, 9.17) is 9.47 Å². The molecule has 2 heterocycles. The van der Waals surface area contributed by atoms with E-state index in [1.165, 1.54) is 38.9 Å². The summed E-state index contributed by atoms with van der Waals surface area (Å²) in [6, 6.07) is 0.292. The Labute approximate surface area is 227 Å². The number of ether oxygens (including phenoxy) is 2. The molecule has 3 aliphatic rings. The first-order valence-electron chi connectivity index (χ1n) is 15.4. The molecule has 0 radical (unpaired) electrons. The van der Waals surface area contributed by atoms with Crippen molar-refractivity contribution in [2.45, 2.75) is 97.0 Å². The SMILES string of the molecule is CCNCC(CC)CCCN1CCC(OC2CC(NC(=O)CN3CCN(CCOC(C)C)CC3)C2)CC1. The molecule has 1 unspecified atom stereocenters. The minimum absolute atomic E-state index is 0.170. The first kappa shape index (κ1) is 30.8. The Morgan fingerprint density at radius 1 is 0.919 bits per heavy atom. The summed E-state index contributed by atoms with van der Waals surface area (Å²) in [5, 5.41) is 6.74. The minimum Gasteiger partial charge on any atom is -0.377 e. The second-order valence-corrected chi connectivity index (χ2v) is 11.8. The molecule has 216 valence electrons. The van der Waals surface area contributed by atoms with Crippen LogP contribution in [0.2, 0.25) is 0 Å². The second kappa shape index (κ2) is 17.0. The molecule has 2 N–H and O–H groups in total. The lowest BCUT2D eigenvalue weighted by molar-refractivity contribution is -0.127. The Kier molecular flexibility index (Phi) is 14.2. The lowest BCUT2D eigenvalue weighted by Crippen LogP contribution is -2.54. The molecule has 1 saturated carbocycles. The maximum absolute atomic E-state index is 12.5. The van der Waals surface area contributed by atoms with Crippen molar-refractivity contribution >= 4 is 5.91 Å². The van der Waals surface area contributed by atoms with Gasteiger partial charge in [0, 0.05) is 51.9 Å². The summed E-state index contributed by atoms with van der Waals surface area (Å²) in [4.78, 5) is 19.9. The van der Waals surface area contributed by atoms with Gasteiger partial charge in [-0.1, -0.05) is 20.3 Å². The fourth-order valence-electron chi connectivity index (χ4n) is 5.80. The monoisotopic (exact) mass is 523 g/mol. The molecule has 2 saturated heterocycles. The van der Waals surface area contributed by atoms with E-state index in [1.807, 2.05) is 0 Å². The van der Waals surface area contributed by atoms with E-state index in [0.717, 1.165) is 84.0 Å². The average Bonchev–Trinajstić information content (AvgIpc) is 2.86. The highest BCUT2D eigenvalue weighted by molar-refractivity contribution is 5.78. The Morgan fingerprint density at radius 2 is 1.59 bits per heavy atom. The topological polar surface area (TPSA) is 69.3 Å². The van der Waals surface area contributed by atoms with Gasteiger partial charge in [0.15, 0.2) is 0 Å². The quantitative estimate of drug-likeness (QED) is 0.304. The van der Waals surface area contributed by atoms with E-state index in [0.29, 0.717) is 30.9 Å². The molecule has 2 aliphatic heterocycles. The van der Waals surface area contributed by atoms with Crippen molar-refractivity contribution in [1.29, 1.82) is 0 Å². The van der Waals surface area contributed by atoms with Crippen molar-refractivity contribution < 1.29 is 14.3 Å². The predicted octanol–water partition coefficient (Wildman–Crippen LogP) is 2.57. The van der Waals surface area contributed by atoms with E-state index in [1.54, 1.807) is 0 Å². The molecule has 3 fully saturated rings. The molecule has 0 spiro atoms. The Morgan fingerprint density at radius 3 is 2.24 bits per heavy atom. The van der Waals surface area contributed by atoms with Crippen LogP contribution in [-0.4, -0.2) is 124 Å². The molecule has 0 aromatic carbocycles. The van der Waals surface area contributed by atoms with Crippen LogP contribution in [0.4, 0.5) is 0 Å². The molecule has 1 aliphatic carbocycles. The van der Waals surface area contributed by atoms with Crippen molar-refractivity contribution in [3.63, 3.8) is 0 Å². The highest BCUT2D eigenvalue weighted by Gasteiger charge is 2.34. The van der Waals surface area contributed by atoms with Crippen LogP contribution < -0.4 is 10.6 Å². The molecule has 0 aromatic heterocycles. The third kappa shape index (κ3) is 11.9. The van der Waals surface area contributed by atoms with Gasteiger partial charge in [0.25, 0.3) is 0 Å². The zero-order chi connectivity index (χ0) is 26.5. The van der Waals surface area contributed by atoms with Crippen LogP contribution in [0.15, 0.2) is 0 Å². The molecule has 8 nitrogen and oxygen atoms in total. The Bertz CT molecular complexity index is 615. The maximum Gasteiger partial charge on any atom is 0.234 e. The van der Waals surface area contributed by atoms with Crippen LogP contribution >= 0.6 is 0 Å². The van der Waals surface area contributed by atoms with Gasteiger partial charge in [0.05, 0.1) is 31.5 Å². The van der Waals surface area contributed by atoms with Crippen molar-refractivity contribution in [2.75, 3.05) is 78.6 Å². The van der Waals surface area contributed by atoms with Gasteiger partial charge in [0.1, 0.15) is 0 Å². The summed E-state index contributed by atoms with van der Waals surface area (Å²) in [6.45, 7) is 20.7. The molecule has 37 heavy (non-hydrogen) atoms. The third-order valence-corrected chi connectivity index (χ3v) is 8.42. The highest BCUT2D eigenvalue weighted by Crippen LogP contribution is 2.27. The van der Waals surface area contributed by atoms with Gasteiger partial charge in [-0.2, -0.15) is 0 Å². The number of hydrogen-bond donors (Lipinski definition) is 2. The number of piperazine rings is 1. The average molecular weight is 524 g/mol. The van der Waals surface area contributed by atoms with Crippen molar-refractivity contribution in [2.24, 2.45) is 5.92 Å². The van der Waals surface area contributed by atoms with Crippen LogP contribution in [0.25, 0.3) is 0 Å². The van der Waals surface area contributed by atoms with Crippen molar-refractivity contribution in [3.8, 4) is 0 Å². The van der Waals surface area contributed by atoms with Crippen LogP contribution in [0.5, 0.6) is 0 Å². The molecule has 3 rings (SSSR count). The zero-order valence-corrected chi connectivity index (χ0v) is 24.4. The number of nitrogens with one attached hydrogen (secondary N) is 2. The van der Waals surface area contributed by atoms with E-state index in [9.17, 15) is 4.79 Å². The molecule has 0 aromatic rings. The molecular weight excluding hydrogens is 466 g/mol. The van der Waals surface area contributed by atoms with Crippen molar-refractivity contribution in [1.82, 2.24) is 25.3 Å². The van der Waals surface area contributed by atoms with Crippen LogP contribution in [-0.2, 0) is 14.3 Å². The highest BCUT2D eigenvalue weighted by atomic mass is 16.5. The summed E-state index contributed by atoms with van der Waals surface area (Å²) in [6.07, 6.45) is 9.18. The standard InChI is InChI=1S/C29H57N5O3/c1-5-25(22-30-6-2)8-7-11-32-12-9-27(10-13-32)37-28-20-26(21-28)31-29(35)23-34-16-14-33(15-17-34)18-19-36-24(3)4/h24-28,30H,5-23H2,1-4H3,(H,31,35). The number of nitrogens with zero attached hydrogens (tertiary/aromatic N) is 3. The van der Waals surface area contributed by atoms with Crippen LogP contribution in [0.3, 0.4) is 0 Å². The fourth-order valence-corrected chi connectivity index (χ4v) is 5.80. The largest absolute Gasteiger partial charge is 0.377 e. The van der Waals surface area contributed by atoms with E-state index >= 15 is 0 Å². The van der Waals surface area contributed by atoms with Gasteiger partial charge < -0.3 is 25.0 Å². The van der Waals surface area contributed by atoms with Gasteiger partial charge in [0.2, 0.25) is 5.91 Å². The van der Waals surface area contributed by atoms with Crippen molar-refractivity contribution in [3.05, 3.63) is 0 Å². The molecule has 1 atom stereocenters. The van der Waals surface area contributed by atoms with E-state index in [-0.39, 0.29) is 5.91 Å². The van der Waals surface area contributed by atoms with Gasteiger partial charge in [-0.15, -0.1) is 0 Å². The van der Waals surface area contributed by atoms with Gasteiger partial charge in [-0.05, 0) is 77.9 Å². The first-order valence-corrected chi connectivity index (χ1v) is 15.4. The van der Waals surface area contributed by atoms with Gasteiger partial charge in [-0.25, -0.2) is 0 Å². The molecule has 0 bridgehead atoms. The number of carbonyl (C=O) groups is 1. The first-order chi connectivity index (χ1) is 17.9. The maximum atomic E-state index is 12.5. The number of likely N-dealkylation sites (tertiary alicyclic amines) is 1. The predicted molar refractivity (Wildman–Crippen MR) is 151 cm³/mol. The minimum atomic E-state index is 0.170. The number of carbonyl (C=O) groups excluding carboxylic acids is 1. The Hall–Kier alpha value is -0.770. The molecule has 1 amide bonds. The fraction of sp³-hybridized carbons (Fsp3) is 0.966. The smallest absolute Gasteiger partial charge is 0.234 e. The van der Waals surface area contributed by atoms with Gasteiger partial charge >= 0.3 is 0 Å². The summed E-state index contributed by atoms with van der Waals surface area (Å²) in [5.41, 5.74) is 0. The number of piperidine rings is 1. The second-order valence-electron chi connectivity index (χ2n) is 11.8.